The van der Waals surface area contributed by atoms with Crippen LogP contribution >= 0.6 is 0 Å². The third kappa shape index (κ3) is 3.96. The number of para-hydroxylation sites is 1. The number of fused-ring (bicyclic) bond motifs is 1. The highest BCUT2D eigenvalue weighted by Crippen LogP contribution is 2.32. The van der Waals surface area contributed by atoms with Crippen LogP contribution in [0, 0.1) is 0 Å². The normalized spacial score (nSPS) is 14.6. The fraction of sp³-hybridized carbons (Fsp3) is 0.208. The van der Waals surface area contributed by atoms with E-state index >= 15 is 0 Å². The maximum atomic E-state index is 13.2. The highest BCUT2D eigenvalue weighted by Gasteiger charge is 2.29. The molecule has 1 aliphatic heterocycles. The van der Waals surface area contributed by atoms with Crippen LogP contribution in [0.15, 0.2) is 83.8 Å². The number of hydrogen-bond donors (Lipinski definition) is 0. The van der Waals surface area contributed by atoms with Crippen molar-refractivity contribution in [3.63, 3.8) is 0 Å². The number of aryl methyl sites for hydroxylation is 1. The van der Waals surface area contributed by atoms with Gasteiger partial charge in [-0.05, 0) is 61.2 Å². The Labute approximate surface area is 177 Å². The Morgan fingerprint density at radius 3 is 2.33 bits per heavy atom. The van der Waals surface area contributed by atoms with E-state index in [2.05, 4.69) is 0 Å². The highest BCUT2D eigenvalue weighted by atomic mass is 32.2. The third-order valence-corrected chi connectivity index (χ3v) is 7.13. The molecular formula is C24H23NO4S. The molecule has 0 spiro atoms. The van der Waals surface area contributed by atoms with Crippen molar-refractivity contribution in [2.24, 2.45) is 0 Å². The number of anilines is 1. The van der Waals surface area contributed by atoms with Gasteiger partial charge in [0.25, 0.3) is 10.0 Å². The van der Waals surface area contributed by atoms with Gasteiger partial charge >= 0.3 is 5.97 Å². The molecule has 0 saturated carbocycles. The second-order valence-electron chi connectivity index (χ2n) is 7.29. The predicted molar refractivity (Wildman–Crippen MR) is 116 cm³/mol. The first-order valence-corrected chi connectivity index (χ1v) is 11.4. The first-order chi connectivity index (χ1) is 14.5. The largest absolute Gasteiger partial charge is 0.454 e. The summed E-state index contributed by atoms with van der Waals surface area (Å²) in [4.78, 5) is 12.6. The Kier molecular flexibility index (Phi) is 5.59. The lowest BCUT2D eigenvalue weighted by Gasteiger charge is -2.30. The lowest BCUT2D eigenvalue weighted by atomic mass is 10.0. The molecule has 30 heavy (non-hydrogen) atoms. The highest BCUT2D eigenvalue weighted by molar-refractivity contribution is 7.92. The molecule has 6 heteroatoms. The number of esters is 1. The molecule has 3 aromatic carbocycles. The summed E-state index contributed by atoms with van der Waals surface area (Å²) in [5.74, 6) is -0.487. The van der Waals surface area contributed by atoms with Crippen molar-refractivity contribution in [2.45, 2.75) is 30.8 Å². The molecule has 0 N–H and O–H groups in total. The molecule has 0 amide bonds. The quantitative estimate of drug-likeness (QED) is 0.558. The molecule has 154 valence electrons. The molecule has 1 unspecified atom stereocenters. The third-order valence-electron chi connectivity index (χ3n) is 5.30. The van der Waals surface area contributed by atoms with Crippen molar-refractivity contribution >= 4 is 21.7 Å². The standard InChI is InChI=1S/C24H23NO4S/c1-18(19-8-3-2-4-9-19)29-24(26)21-13-15-22(16-14-21)30(27,28)25-17-7-11-20-10-5-6-12-23(20)25/h2-6,8-10,12-16,18H,7,11,17H2,1H3. The predicted octanol–water partition coefficient (Wildman–Crippen LogP) is 4.75. The Bertz CT molecular complexity index is 1140. The zero-order valence-electron chi connectivity index (χ0n) is 16.7. The van der Waals surface area contributed by atoms with Crippen LogP contribution in [-0.2, 0) is 21.2 Å². The van der Waals surface area contributed by atoms with Crippen molar-refractivity contribution in [3.05, 3.63) is 95.6 Å². The Balaban J connectivity index is 1.53. The maximum Gasteiger partial charge on any atom is 0.338 e. The van der Waals surface area contributed by atoms with E-state index in [0.717, 1.165) is 29.7 Å². The second-order valence-corrected chi connectivity index (χ2v) is 9.15. The number of ether oxygens (including phenoxy) is 1. The zero-order chi connectivity index (χ0) is 21.1. The Hall–Kier alpha value is -3.12. The topological polar surface area (TPSA) is 63.7 Å². The van der Waals surface area contributed by atoms with Gasteiger partial charge in [-0.25, -0.2) is 13.2 Å². The number of carbonyl (C=O) groups is 1. The van der Waals surface area contributed by atoms with Gasteiger partial charge in [0.2, 0.25) is 0 Å². The summed E-state index contributed by atoms with van der Waals surface area (Å²) in [5, 5.41) is 0. The minimum absolute atomic E-state index is 0.159. The molecule has 1 atom stereocenters. The maximum absolute atomic E-state index is 13.2. The first-order valence-electron chi connectivity index (χ1n) is 9.93. The van der Waals surface area contributed by atoms with E-state index in [9.17, 15) is 13.2 Å². The molecule has 0 aromatic heterocycles. The van der Waals surface area contributed by atoms with Gasteiger partial charge in [0.15, 0.2) is 0 Å². The number of benzene rings is 3. The average Bonchev–Trinajstić information content (AvgIpc) is 2.79. The fourth-order valence-electron chi connectivity index (χ4n) is 3.66. The number of carbonyl (C=O) groups excluding carboxylic acids is 1. The first kappa shape index (κ1) is 20.2. The van der Waals surface area contributed by atoms with E-state index in [0.29, 0.717) is 12.1 Å². The summed E-state index contributed by atoms with van der Waals surface area (Å²) in [6.45, 7) is 2.25. The molecule has 0 saturated heterocycles. The van der Waals surface area contributed by atoms with Crippen LogP contribution in [-0.4, -0.2) is 20.9 Å². The summed E-state index contributed by atoms with van der Waals surface area (Å²) >= 11 is 0. The van der Waals surface area contributed by atoms with Crippen LogP contribution in [0.2, 0.25) is 0 Å². The van der Waals surface area contributed by atoms with Crippen LogP contribution < -0.4 is 4.31 Å². The van der Waals surface area contributed by atoms with Crippen LogP contribution in [0.1, 0.15) is 40.9 Å². The lowest BCUT2D eigenvalue weighted by molar-refractivity contribution is 0.0337. The van der Waals surface area contributed by atoms with Gasteiger partial charge in [-0.2, -0.15) is 0 Å². The molecule has 0 fully saturated rings. The molecule has 5 nitrogen and oxygen atoms in total. The van der Waals surface area contributed by atoms with E-state index in [4.69, 9.17) is 4.74 Å². The lowest BCUT2D eigenvalue weighted by Crippen LogP contribution is -2.35. The second kappa shape index (κ2) is 8.32. The minimum Gasteiger partial charge on any atom is -0.454 e. The summed E-state index contributed by atoms with van der Waals surface area (Å²) < 4.78 is 33.4. The molecule has 4 rings (SSSR count). The average molecular weight is 422 g/mol. The number of hydrogen-bond acceptors (Lipinski definition) is 4. The van der Waals surface area contributed by atoms with Crippen molar-refractivity contribution in [1.29, 1.82) is 0 Å². The van der Waals surface area contributed by atoms with Gasteiger partial charge < -0.3 is 4.74 Å². The van der Waals surface area contributed by atoms with Gasteiger partial charge in [-0.1, -0.05) is 48.5 Å². The monoisotopic (exact) mass is 421 g/mol. The molecule has 1 heterocycles. The van der Waals surface area contributed by atoms with Crippen molar-refractivity contribution in [1.82, 2.24) is 0 Å². The van der Waals surface area contributed by atoms with Crippen LogP contribution in [0.5, 0.6) is 0 Å². The van der Waals surface area contributed by atoms with E-state index in [-0.39, 0.29) is 4.90 Å². The number of nitrogens with zero attached hydrogens (tertiary/aromatic N) is 1. The zero-order valence-corrected chi connectivity index (χ0v) is 17.5. The minimum atomic E-state index is -3.70. The summed E-state index contributed by atoms with van der Waals surface area (Å²) in [6.07, 6.45) is 1.25. The van der Waals surface area contributed by atoms with Gasteiger partial charge in [0.05, 0.1) is 16.1 Å². The molecule has 3 aromatic rings. The van der Waals surface area contributed by atoms with E-state index in [1.54, 1.807) is 6.92 Å². The summed E-state index contributed by atoms with van der Waals surface area (Å²) in [6, 6.07) is 23.0. The van der Waals surface area contributed by atoms with Crippen molar-refractivity contribution in [2.75, 3.05) is 10.8 Å². The number of rotatable bonds is 5. The SMILES string of the molecule is CC(OC(=O)c1ccc(S(=O)(=O)N2CCCc3ccccc32)cc1)c1ccccc1. The summed E-state index contributed by atoms with van der Waals surface area (Å²) in [7, 11) is -3.70. The van der Waals surface area contributed by atoms with E-state index in [1.165, 1.54) is 28.6 Å². The molecular weight excluding hydrogens is 398 g/mol. The smallest absolute Gasteiger partial charge is 0.338 e. The van der Waals surface area contributed by atoms with Gasteiger partial charge in [-0.15, -0.1) is 0 Å². The van der Waals surface area contributed by atoms with E-state index in [1.807, 2.05) is 54.6 Å². The fourth-order valence-corrected chi connectivity index (χ4v) is 5.20. The number of sulfonamides is 1. The summed E-state index contributed by atoms with van der Waals surface area (Å²) in [5.41, 5.74) is 2.97. The van der Waals surface area contributed by atoms with Gasteiger partial charge in [0, 0.05) is 6.54 Å². The van der Waals surface area contributed by atoms with Crippen LogP contribution in [0.3, 0.4) is 0 Å². The Morgan fingerprint density at radius 2 is 1.60 bits per heavy atom. The van der Waals surface area contributed by atoms with Gasteiger partial charge in [-0.3, -0.25) is 4.31 Å². The van der Waals surface area contributed by atoms with Crippen molar-refractivity contribution in [3.8, 4) is 0 Å². The molecule has 0 aliphatic carbocycles. The molecule has 1 aliphatic rings. The van der Waals surface area contributed by atoms with Crippen LogP contribution in [0.4, 0.5) is 5.69 Å². The Morgan fingerprint density at radius 1 is 0.933 bits per heavy atom. The molecule has 0 radical (unpaired) electrons. The van der Waals surface area contributed by atoms with Gasteiger partial charge in [0.1, 0.15) is 6.10 Å². The molecule has 0 bridgehead atoms. The van der Waals surface area contributed by atoms with E-state index < -0.39 is 22.1 Å². The van der Waals surface area contributed by atoms with Crippen LogP contribution in [0.25, 0.3) is 0 Å². The van der Waals surface area contributed by atoms with Crippen molar-refractivity contribution < 1.29 is 17.9 Å².